The SMILES string of the molecule is Cc1nnc2sc(C(=O)NCc3ccc(S(=O)C(F)F)c(Cl)c3)c(N)c2c1C. The Morgan fingerprint density at radius 3 is 2.71 bits per heavy atom. The fraction of sp³-hybridized carbons (Fsp3) is 0.235. The van der Waals surface area contributed by atoms with Crippen molar-refractivity contribution >= 4 is 55.5 Å². The number of amides is 1. The minimum Gasteiger partial charge on any atom is -0.397 e. The summed E-state index contributed by atoms with van der Waals surface area (Å²) >= 11 is 7.08. The lowest BCUT2D eigenvalue weighted by Gasteiger charge is -2.08. The second-order valence-corrected chi connectivity index (χ2v) is 8.74. The average Bonchev–Trinajstić information content (AvgIpc) is 2.99. The highest BCUT2D eigenvalue weighted by Gasteiger charge is 2.21. The average molecular weight is 445 g/mol. The zero-order valence-electron chi connectivity index (χ0n) is 14.8. The lowest BCUT2D eigenvalue weighted by Crippen LogP contribution is -2.22. The maximum atomic E-state index is 12.6. The van der Waals surface area contributed by atoms with Crippen LogP contribution in [0, 0.1) is 13.8 Å². The predicted octanol–water partition coefficient (Wildman–Crippen LogP) is 3.80. The van der Waals surface area contributed by atoms with Crippen LogP contribution in [-0.2, 0) is 17.3 Å². The maximum absolute atomic E-state index is 12.6. The van der Waals surface area contributed by atoms with Crippen LogP contribution in [0.3, 0.4) is 0 Å². The monoisotopic (exact) mass is 444 g/mol. The molecule has 1 aromatic carbocycles. The molecule has 0 spiro atoms. The van der Waals surface area contributed by atoms with E-state index in [0.717, 1.165) is 22.6 Å². The quantitative estimate of drug-likeness (QED) is 0.623. The summed E-state index contributed by atoms with van der Waals surface area (Å²) in [4.78, 5) is 13.3. The van der Waals surface area contributed by atoms with Crippen molar-refractivity contribution in [2.45, 2.75) is 31.0 Å². The number of aromatic nitrogens is 2. The van der Waals surface area contributed by atoms with Gasteiger partial charge in [0.25, 0.3) is 5.91 Å². The molecule has 0 saturated heterocycles. The van der Waals surface area contributed by atoms with E-state index in [-0.39, 0.29) is 16.5 Å². The molecule has 2 aromatic heterocycles. The van der Waals surface area contributed by atoms with E-state index in [9.17, 15) is 17.8 Å². The summed E-state index contributed by atoms with van der Waals surface area (Å²) in [6, 6.07) is 4.14. The van der Waals surface area contributed by atoms with Crippen LogP contribution in [0.4, 0.5) is 14.5 Å². The summed E-state index contributed by atoms with van der Waals surface area (Å²) in [5.74, 6) is -3.41. The van der Waals surface area contributed by atoms with Crippen LogP contribution in [0.25, 0.3) is 10.2 Å². The van der Waals surface area contributed by atoms with Gasteiger partial charge in [-0.2, -0.15) is 13.9 Å². The fourth-order valence-electron chi connectivity index (χ4n) is 2.59. The van der Waals surface area contributed by atoms with Crippen molar-refractivity contribution in [3.63, 3.8) is 0 Å². The summed E-state index contributed by atoms with van der Waals surface area (Å²) in [5.41, 5.74) is 8.65. The van der Waals surface area contributed by atoms with Crippen molar-refractivity contribution in [3.05, 3.63) is 44.9 Å². The zero-order valence-corrected chi connectivity index (χ0v) is 17.1. The summed E-state index contributed by atoms with van der Waals surface area (Å²) < 4.78 is 36.6. The van der Waals surface area contributed by atoms with Gasteiger partial charge in [-0.3, -0.25) is 4.79 Å². The molecule has 11 heteroatoms. The minimum absolute atomic E-state index is 0.0480. The number of alkyl halides is 2. The van der Waals surface area contributed by atoms with Crippen LogP contribution in [-0.4, -0.2) is 26.1 Å². The van der Waals surface area contributed by atoms with Gasteiger partial charge in [-0.05, 0) is 37.1 Å². The molecule has 6 nitrogen and oxygen atoms in total. The molecule has 3 aromatic rings. The number of nitrogens with two attached hydrogens (primary N) is 1. The molecule has 0 fully saturated rings. The topological polar surface area (TPSA) is 98.0 Å². The van der Waals surface area contributed by atoms with Crippen molar-refractivity contribution < 1.29 is 17.8 Å². The Labute approximate surface area is 170 Å². The van der Waals surface area contributed by atoms with Crippen LogP contribution in [0.1, 0.15) is 26.5 Å². The van der Waals surface area contributed by atoms with Gasteiger partial charge >= 0.3 is 5.76 Å². The summed E-state index contributed by atoms with van der Waals surface area (Å²) in [5, 5.41) is 11.5. The molecule has 28 heavy (non-hydrogen) atoms. The molecular formula is C17H15ClF2N4O2S2. The molecule has 0 aliphatic heterocycles. The third-order valence-electron chi connectivity index (χ3n) is 4.17. The van der Waals surface area contributed by atoms with Gasteiger partial charge < -0.3 is 11.1 Å². The van der Waals surface area contributed by atoms with Gasteiger partial charge in [0.05, 0.1) is 21.3 Å². The van der Waals surface area contributed by atoms with Gasteiger partial charge in [-0.15, -0.1) is 16.4 Å². The summed E-state index contributed by atoms with van der Waals surface area (Å²) in [7, 11) is -2.49. The molecular weight excluding hydrogens is 430 g/mol. The molecule has 2 heterocycles. The Morgan fingerprint density at radius 1 is 1.36 bits per heavy atom. The van der Waals surface area contributed by atoms with E-state index in [1.54, 1.807) is 0 Å². The molecule has 0 radical (unpaired) electrons. The number of rotatable bonds is 5. The summed E-state index contributed by atoms with van der Waals surface area (Å²) in [6.07, 6.45) is 0. The van der Waals surface area contributed by atoms with Gasteiger partial charge in [-0.1, -0.05) is 17.7 Å². The lowest BCUT2D eigenvalue weighted by molar-refractivity contribution is 0.0956. The molecule has 0 bridgehead atoms. The second kappa shape index (κ2) is 8.06. The van der Waals surface area contributed by atoms with E-state index >= 15 is 0 Å². The molecule has 3 rings (SSSR count). The number of halogens is 3. The van der Waals surface area contributed by atoms with Crippen LogP contribution >= 0.6 is 22.9 Å². The highest BCUT2D eigenvalue weighted by atomic mass is 35.5. The number of aryl methyl sites for hydroxylation is 2. The maximum Gasteiger partial charge on any atom is 0.316 e. The van der Waals surface area contributed by atoms with Crippen molar-refractivity contribution in [3.8, 4) is 0 Å². The van der Waals surface area contributed by atoms with Crippen LogP contribution in [0.2, 0.25) is 5.02 Å². The van der Waals surface area contributed by atoms with Gasteiger partial charge in [0, 0.05) is 11.9 Å². The Kier molecular flexibility index (Phi) is 5.92. The fourth-order valence-corrected chi connectivity index (χ4v) is 4.68. The molecule has 3 N–H and O–H groups in total. The van der Waals surface area contributed by atoms with E-state index in [0.29, 0.717) is 26.3 Å². The molecule has 0 saturated carbocycles. The van der Waals surface area contributed by atoms with Crippen LogP contribution in [0.15, 0.2) is 23.1 Å². The highest BCUT2D eigenvalue weighted by Crippen LogP contribution is 2.34. The Morgan fingerprint density at radius 2 is 2.07 bits per heavy atom. The summed E-state index contributed by atoms with van der Waals surface area (Å²) in [6.45, 7) is 3.77. The first-order valence-corrected chi connectivity index (χ1v) is 10.4. The molecule has 0 aliphatic rings. The molecule has 1 unspecified atom stereocenters. The van der Waals surface area contributed by atoms with Crippen molar-refractivity contribution in [1.29, 1.82) is 0 Å². The zero-order chi connectivity index (χ0) is 20.6. The van der Waals surface area contributed by atoms with Gasteiger partial charge in [0.15, 0.2) is 0 Å². The number of benzene rings is 1. The molecule has 148 valence electrons. The van der Waals surface area contributed by atoms with Gasteiger partial charge in [-0.25, -0.2) is 4.21 Å². The second-order valence-electron chi connectivity index (χ2n) is 5.94. The Hall–Kier alpha value is -2.17. The van der Waals surface area contributed by atoms with Crippen LogP contribution < -0.4 is 11.1 Å². The number of nitrogen functional groups attached to an aromatic ring is 1. The van der Waals surface area contributed by atoms with Gasteiger partial charge in [0.1, 0.15) is 20.5 Å². The number of hydrogen-bond donors (Lipinski definition) is 2. The van der Waals surface area contributed by atoms with E-state index in [4.69, 9.17) is 17.3 Å². The highest BCUT2D eigenvalue weighted by molar-refractivity contribution is 7.85. The third kappa shape index (κ3) is 3.85. The molecule has 1 atom stereocenters. The standard InChI is InChI=1S/C17H15ClF2N4O2S2/c1-7-8(2)23-24-16-12(7)13(21)14(27-16)15(25)22-6-9-3-4-11(10(18)5-9)28(26)17(19)20/h3-5,17H,6,21H2,1-2H3,(H,22,25). The van der Waals surface area contributed by atoms with E-state index in [1.807, 2.05) is 13.8 Å². The van der Waals surface area contributed by atoms with Crippen molar-refractivity contribution in [2.24, 2.45) is 0 Å². The number of carbonyl (C=O) groups is 1. The Bertz CT molecular complexity index is 1100. The first-order chi connectivity index (χ1) is 13.2. The minimum atomic E-state index is -3.02. The number of nitrogens with one attached hydrogen (secondary N) is 1. The third-order valence-corrected chi connectivity index (χ3v) is 6.80. The van der Waals surface area contributed by atoms with Crippen molar-refractivity contribution in [2.75, 3.05) is 5.73 Å². The number of hydrogen-bond acceptors (Lipinski definition) is 6. The number of fused-ring (bicyclic) bond motifs is 1. The Balaban J connectivity index is 1.79. The largest absolute Gasteiger partial charge is 0.397 e. The number of anilines is 1. The van der Waals surface area contributed by atoms with E-state index in [1.165, 1.54) is 18.2 Å². The lowest BCUT2D eigenvalue weighted by atomic mass is 10.1. The van der Waals surface area contributed by atoms with Crippen molar-refractivity contribution in [1.82, 2.24) is 15.5 Å². The predicted molar refractivity (Wildman–Crippen MR) is 106 cm³/mol. The van der Waals surface area contributed by atoms with Gasteiger partial charge in [0.2, 0.25) is 0 Å². The molecule has 0 aliphatic carbocycles. The van der Waals surface area contributed by atoms with E-state index in [2.05, 4.69) is 15.5 Å². The normalized spacial score (nSPS) is 12.5. The first kappa shape index (κ1) is 20.6. The molecule has 1 amide bonds. The number of nitrogens with zero attached hydrogens (tertiary/aromatic N) is 2. The van der Waals surface area contributed by atoms with Crippen LogP contribution in [0.5, 0.6) is 0 Å². The number of thiophene rings is 1. The van der Waals surface area contributed by atoms with E-state index < -0.39 is 22.5 Å². The number of carbonyl (C=O) groups excluding carboxylic acids is 1. The smallest absolute Gasteiger partial charge is 0.316 e. The first-order valence-electron chi connectivity index (χ1n) is 7.98.